The molecule has 100 valence electrons. The molecule has 1 saturated heterocycles. The van der Waals surface area contributed by atoms with Crippen LogP contribution in [0.1, 0.15) is 46.5 Å². The van der Waals surface area contributed by atoms with Crippen molar-refractivity contribution in [2.45, 2.75) is 58.5 Å². The van der Waals surface area contributed by atoms with Crippen LogP contribution in [0.3, 0.4) is 0 Å². The Morgan fingerprint density at radius 2 is 2.33 bits per heavy atom. The number of rotatable bonds is 4. The lowest BCUT2D eigenvalue weighted by Crippen LogP contribution is -2.36. The number of carbonyl (C=O) groups excluding carboxylic acids is 1. The van der Waals surface area contributed by atoms with E-state index in [2.05, 4.69) is 17.1 Å². The quantitative estimate of drug-likeness (QED) is 0.613. The number of hydrogen-bond donors (Lipinski definition) is 1. The standard InChI is InChI=1S/C14H23N3O/c1-4-11(2)16-14(18)13(9-15)10-17-8-6-5-7-12(17)3/h10-12H,4-8H2,1-3H3,(H,16,18)/b13-10-. The molecule has 2 atom stereocenters. The van der Waals surface area contributed by atoms with Crippen molar-refractivity contribution in [3.63, 3.8) is 0 Å². The first-order valence-electron chi connectivity index (χ1n) is 6.77. The highest BCUT2D eigenvalue weighted by Gasteiger charge is 2.18. The molecule has 1 rings (SSSR count). The molecule has 2 unspecified atom stereocenters. The first-order valence-corrected chi connectivity index (χ1v) is 6.77. The lowest BCUT2D eigenvalue weighted by Gasteiger charge is -2.32. The van der Waals surface area contributed by atoms with Gasteiger partial charge in [0.1, 0.15) is 11.6 Å². The maximum atomic E-state index is 11.9. The lowest BCUT2D eigenvalue weighted by molar-refractivity contribution is -0.117. The third-order valence-electron chi connectivity index (χ3n) is 3.50. The summed E-state index contributed by atoms with van der Waals surface area (Å²) in [6.45, 7) is 7.02. The van der Waals surface area contributed by atoms with E-state index in [-0.39, 0.29) is 17.5 Å². The van der Waals surface area contributed by atoms with Gasteiger partial charge in [-0.3, -0.25) is 4.79 Å². The number of likely N-dealkylation sites (tertiary alicyclic amines) is 1. The Kier molecular flexibility index (Phi) is 5.70. The molecule has 4 nitrogen and oxygen atoms in total. The molecule has 1 heterocycles. The molecule has 4 heteroatoms. The van der Waals surface area contributed by atoms with Gasteiger partial charge in [0.25, 0.3) is 5.91 Å². The molecule has 0 aromatic carbocycles. The van der Waals surface area contributed by atoms with Crippen LogP contribution in [-0.2, 0) is 4.79 Å². The van der Waals surface area contributed by atoms with Crippen molar-refractivity contribution in [1.82, 2.24) is 10.2 Å². The van der Waals surface area contributed by atoms with Gasteiger partial charge in [-0.15, -0.1) is 0 Å². The van der Waals surface area contributed by atoms with Crippen LogP contribution in [0.25, 0.3) is 0 Å². The molecule has 0 bridgehead atoms. The van der Waals surface area contributed by atoms with Gasteiger partial charge in [-0.1, -0.05) is 6.92 Å². The third kappa shape index (κ3) is 4.06. The first kappa shape index (κ1) is 14.6. The Morgan fingerprint density at radius 3 is 2.89 bits per heavy atom. The second-order valence-electron chi connectivity index (χ2n) is 5.02. The van der Waals surface area contributed by atoms with Crippen molar-refractivity contribution in [2.24, 2.45) is 0 Å². The van der Waals surface area contributed by atoms with Crippen molar-refractivity contribution in [2.75, 3.05) is 6.54 Å². The molecule has 1 aliphatic rings. The number of nitrogens with one attached hydrogen (secondary N) is 1. The van der Waals surface area contributed by atoms with Gasteiger partial charge < -0.3 is 10.2 Å². The summed E-state index contributed by atoms with van der Waals surface area (Å²) in [6.07, 6.45) is 6.08. The van der Waals surface area contributed by atoms with E-state index < -0.39 is 0 Å². The van der Waals surface area contributed by atoms with E-state index in [1.807, 2.05) is 19.9 Å². The molecule has 1 N–H and O–H groups in total. The van der Waals surface area contributed by atoms with E-state index in [0.717, 1.165) is 25.8 Å². The van der Waals surface area contributed by atoms with E-state index in [0.29, 0.717) is 6.04 Å². The number of nitriles is 1. The van der Waals surface area contributed by atoms with Crippen molar-refractivity contribution in [3.05, 3.63) is 11.8 Å². The van der Waals surface area contributed by atoms with Crippen LogP contribution in [0.5, 0.6) is 0 Å². The zero-order valence-corrected chi connectivity index (χ0v) is 11.6. The van der Waals surface area contributed by atoms with Gasteiger partial charge in [0, 0.05) is 24.8 Å². The average molecular weight is 249 g/mol. The number of amides is 1. The summed E-state index contributed by atoms with van der Waals surface area (Å²) in [4.78, 5) is 14.0. The molecule has 0 saturated carbocycles. The molecule has 0 radical (unpaired) electrons. The Labute approximate surface area is 110 Å². The van der Waals surface area contributed by atoms with E-state index in [9.17, 15) is 4.79 Å². The maximum absolute atomic E-state index is 11.9. The minimum absolute atomic E-state index is 0.105. The van der Waals surface area contributed by atoms with Crippen LogP contribution in [0, 0.1) is 11.3 Å². The maximum Gasteiger partial charge on any atom is 0.263 e. The molecule has 0 aromatic rings. The Balaban J connectivity index is 2.70. The predicted molar refractivity (Wildman–Crippen MR) is 71.6 cm³/mol. The van der Waals surface area contributed by atoms with E-state index in [4.69, 9.17) is 5.26 Å². The Hall–Kier alpha value is -1.50. The number of piperidine rings is 1. The van der Waals surface area contributed by atoms with E-state index in [1.54, 1.807) is 6.20 Å². The number of carbonyl (C=O) groups is 1. The zero-order valence-electron chi connectivity index (χ0n) is 11.6. The smallest absolute Gasteiger partial charge is 0.263 e. The average Bonchev–Trinajstić information content (AvgIpc) is 2.37. The van der Waals surface area contributed by atoms with Gasteiger partial charge >= 0.3 is 0 Å². The van der Waals surface area contributed by atoms with Crippen LogP contribution < -0.4 is 5.32 Å². The summed E-state index contributed by atoms with van der Waals surface area (Å²) in [5, 5.41) is 11.9. The van der Waals surface area contributed by atoms with Crippen molar-refractivity contribution in [3.8, 4) is 6.07 Å². The summed E-state index contributed by atoms with van der Waals surface area (Å²) >= 11 is 0. The number of nitrogens with zero attached hydrogens (tertiary/aromatic N) is 2. The molecule has 1 fully saturated rings. The van der Waals surface area contributed by atoms with Gasteiger partial charge in [0.05, 0.1) is 0 Å². The van der Waals surface area contributed by atoms with Crippen LogP contribution in [0.2, 0.25) is 0 Å². The molecular weight excluding hydrogens is 226 g/mol. The highest BCUT2D eigenvalue weighted by molar-refractivity contribution is 5.97. The molecular formula is C14H23N3O. The van der Waals surface area contributed by atoms with Gasteiger partial charge in [0.2, 0.25) is 0 Å². The van der Waals surface area contributed by atoms with Gasteiger partial charge in [-0.25, -0.2) is 0 Å². The van der Waals surface area contributed by atoms with Crippen LogP contribution in [-0.4, -0.2) is 29.4 Å². The van der Waals surface area contributed by atoms with Crippen molar-refractivity contribution in [1.29, 1.82) is 5.26 Å². The molecule has 1 amide bonds. The second kappa shape index (κ2) is 7.05. The number of hydrogen-bond acceptors (Lipinski definition) is 3. The van der Waals surface area contributed by atoms with Crippen LogP contribution in [0.4, 0.5) is 0 Å². The molecule has 18 heavy (non-hydrogen) atoms. The predicted octanol–water partition coefficient (Wildman–Crippen LogP) is 2.18. The zero-order chi connectivity index (χ0) is 13.5. The molecule has 0 aromatic heterocycles. The van der Waals surface area contributed by atoms with E-state index in [1.165, 1.54) is 6.42 Å². The SMILES string of the molecule is CCC(C)NC(=O)/C(C#N)=C\N1CCCCC1C. The van der Waals surface area contributed by atoms with Crippen molar-refractivity contribution < 1.29 is 4.79 Å². The fourth-order valence-corrected chi connectivity index (χ4v) is 2.02. The lowest BCUT2D eigenvalue weighted by atomic mass is 10.0. The Morgan fingerprint density at radius 1 is 1.61 bits per heavy atom. The summed E-state index contributed by atoms with van der Waals surface area (Å²) in [6, 6.07) is 2.53. The largest absolute Gasteiger partial charge is 0.373 e. The summed E-state index contributed by atoms with van der Waals surface area (Å²) < 4.78 is 0. The Bertz CT molecular complexity index is 357. The van der Waals surface area contributed by atoms with Gasteiger partial charge in [0.15, 0.2) is 0 Å². The molecule has 0 aliphatic carbocycles. The van der Waals surface area contributed by atoms with Crippen LogP contribution in [0.15, 0.2) is 11.8 Å². The minimum atomic E-state index is -0.260. The van der Waals surface area contributed by atoms with Crippen LogP contribution >= 0.6 is 0 Å². The molecule has 0 spiro atoms. The fourth-order valence-electron chi connectivity index (χ4n) is 2.02. The molecule has 1 aliphatic heterocycles. The van der Waals surface area contributed by atoms with E-state index >= 15 is 0 Å². The third-order valence-corrected chi connectivity index (χ3v) is 3.50. The first-order chi connectivity index (χ1) is 8.58. The highest BCUT2D eigenvalue weighted by atomic mass is 16.1. The van der Waals surface area contributed by atoms with Gasteiger partial charge in [-0.2, -0.15) is 5.26 Å². The fraction of sp³-hybridized carbons (Fsp3) is 0.714. The van der Waals surface area contributed by atoms with Crippen molar-refractivity contribution >= 4 is 5.91 Å². The monoisotopic (exact) mass is 249 g/mol. The highest BCUT2D eigenvalue weighted by Crippen LogP contribution is 2.17. The summed E-state index contributed by atoms with van der Waals surface area (Å²) in [7, 11) is 0. The normalized spacial score (nSPS) is 22.2. The van der Waals surface area contributed by atoms with Gasteiger partial charge in [-0.05, 0) is 39.5 Å². The summed E-state index contributed by atoms with van der Waals surface area (Å²) in [5.74, 6) is -0.260. The minimum Gasteiger partial charge on any atom is -0.373 e. The topological polar surface area (TPSA) is 56.1 Å². The second-order valence-corrected chi connectivity index (χ2v) is 5.02. The summed E-state index contributed by atoms with van der Waals surface area (Å²) in [5.41, 5.74) is 0.212.